The molecule has 0 spiro atoms. The molecule has 3 aromatic heterocycles. The van der Waals surface area contributed by atoms with Crippen LogP contribution in [0, 0.1) is 5.82 Å². The first kappa shape index (κ1) is 63.6. The van der Waals surface area contributed by atoms with Gasteiger partial charge in [-0.05, 0) is 105 Å². The zero-order valence-electron chi connectivity index (χ0n) is 50.7. The number of rotatable bonds is 15. The van der Waals surface area contributed by atoms with Gasteiger partial charge in [0.05, 0.1) is 33.8 Å². The number of para-hydroxylation sites is 3. The van der Waals surface area contributed by atoms with Gasteiger partial charge in [-0.25, -0.2) is 4.39 Å². The van der Waals surface area contributed by atoms with Crippen molar-refractivity contribution in [2.75, 3.05) is 16.0 Å². The van der Waals surface area contributed by atoms with Crippen LogP contribution in [0.15, 0.2) is 281 Å². The summed E-state index contributed by atoms with van der Waals surface area (Å²) in [5.41, 5.74) is 6.33. The zero-order chi connectivity index (χ0) is 65.8. The molecule has 0 aliphatic carbocycles. The highest BCUT2D eigenvalue weighted by atomic mass is 35.5. The maximum absolute atomic E-state index is 13.7. The number of fused-ring (bicyclic) bond motifs is 1. The quantitative estimate of drug-likeness (QED) is 0.0824. The molecular weight excluding hydrogens is 1220 g/mol. The van der Waals surface area contributed by atoms with Crippen molar-refractivity contribution < 1.29 is 18.8 Å². The minimum absolute atomic E-state index is 0.0470. The van der Waals surface area contributed by atoms with Gasteiger partial charge in [0.25, 0.3) is 16.7 Å². The molecule has 0 bridgehead atoms. The number of hydrogen-bond donors (Lipinski definition) is 3. The maximum Gasteiger partial charge on any atom is 0.295 e. The summed E-state index contributed by atoms with van der Waals surface area (Å²) in [6.07, 6.45) is 0. The number of aromatic nitrogens is 6. The van der Waals surface area contributed by atoms with Gasteiger partial charge in [0, 0.05) is 49.2 Å². The molecule has 0 radical (unpaired) electrons. The highest BCUT2D eigenvalue weighted by molar-refractivity contribution is 6.35. The fourth-order valence-corrected chi connectivity index (χ4v) is 11.1. The molecule has 3 heterocycles. The molecule has 15 nitrogen and oxygen atoms in total. The molecule has 13 aromatic rings. The van der Waals surface area contributed by atoms with Crippen molar-refractivity contribution >= 4 is 85.4 Å². The summed E-state index contributed by atoms with van der Waals surface area (Å²) in [6, 6.07) is 79.4. The average Bonchev–Trinajstić information content (AvgIpc) is 0.785. The predicted octanol–water partition coefficient (Wildman–Crippen LogP) is 17.1. The second kappa shape index (κ2) is 28.9. The molecule has 0 atom stereocenters. The Morgan fingerprint density at radius 1 is 0.362 bits per heavy atom. The van der Waals surface area contributed by atoms with Gasteiger partial charge >= 0.3 is 0 Å². The van der Waals surface area contributed by atoms with E-state index in [0.29, 0.717) is 66.7 Å². The van der Waals surface area contributed by atoms with Gasteiger partial charge in [-0.1, -0.05) is 211 Å². The number of carbonyl (C=O) groups is 3. The lowest BCUT2D eigenvalue weighted by Gasteiger charge is -2.17. The summed E-state index contributed by atoms with van der Waals surface area (Å²) < 4.78 is 17.6. The number of carbonyl (C=O) groups excluding carboxylic acids is 3. The van der Waals surface area contributed by atoms with Crippen LogP contribution in [0.4, 0.5) is 38.5 Å². The van der Waals surface area contributed by atoms with Gasteiger partial charge in [0.1, 0.15) is 40.0 Å². The van der Waals surface area contributed by atoms with Crippen molar-refractivity contribution in [2.45, 2.75) is 20.8 Å². The van der Waals surface area contributed by atoms with Crippen molar-refractivity contribution in [3.63, 3.8) is 0 Å². The first-order chi connectivity index (χ1) is 45.6. The molecule has 3 N–H and O–H groups in total. The van der Waals surface area contributed by atoms with Gasteiger partial charge in [0.15, 0.2) is 17.3 Å². The van der Waals surface area contributed by atoms with E-state index in [1.807, 2.05) is 188 Å². The second-order valence-corrected chi connectivity index (χ2v) is 22.2. The Kier molecular flexibility index (Phi) is 19.5. The van der Waals surface area contributed by atoms with Crippen LogP contribution >= 0.6 is 23.2 Å². The van der Waals surface area contributed by atoms with E-state index in [2.05, 4.69) is 31.2 Å². The maximum atomic E-state index is 13.7. The largest absolute Gasteiger partial charge is 0.350 e. The van der Waals surface area contributed by atoms with Crippen LogP contribution in [-0.4, -0.2) is 46.7 Å². The standard InChI is InChI=1S/C28H21N3O2.C24H17Cl2N3O2.C24H18FN3O2/c1-19(32)25-26(21-12-4-2-5-13-21)30-31(22-15-6-3-7-16-22)28(33)27(25)29-24-18-10-14-20-11-8-9-17-23(20)24;1-15(30)21-22(16-8-4-2-5-9-16)28-29(20-10-6-3-7-11-20)24(31)23(21)27-19-13-17(25)12-18(26)14-19;1-16(29)21-22(17-9-4-2-5-10-17)27-28(20-13-6-3-7-14-20)24(30)23(21)26-19-12-8-11-18(25)15-19/h2-18,29H,1H3;2-14,27H,1H3;2-15,26H,1H3. The highest BCUT2D eigenvalue weighted by Crippen LogP contribution is 2.34. The van der Waals surface area contributed by atoms with E-state index >= 15 is 0 Å². The number of halogens is 3. The van der Waals surface area contributed by atoms with Crippen LogP contribution in [0.1, 0.15) is 51.8 Å². The molecule has 13 rings (SSSR count). The van der Waals surface area contributed by atoms with Gasteiger partial charge in [-0.2, -0.15) is 29.3 Å². The minimum Gasteiger partial charge on any atom is -0.350 e. The molecule has 0 aliphatic rings. The average molecular weight is 1280 g/mol. The molecule has 462 valence electrons. The van der Waals surface area contributed by atoms with Crippen LogP contribution in [0.2, 0.25) is 10.0 Å². The zero-order valence-corrected chi connectivity index (χ0v) is 52.2. The topological polar surface area (TPSA) is 192 Å². The molecular formula is C76H56Cl2FN9O6. The highest BCUT2D eigenvalue weighted by Gasteiger charge is 2.27. The summed E-state index contributed by atoms with van der Waals surface area (Å²) in [5.74, 6) is -1.30. The SMILES string of the molecule is CC(=O)c1c(-c2ccccc2)nn(-c2ccccc2)c(=O)c1Nc1cc(Cl)cc(Cl)c1.CC(=O)c1c(-c2ccccc2)nn(-c2ccccc2)c(=O)c1Nc1cccc(F)c1.CC(=O)c1c(-c2ccccc2)nn(-c2ccccc2)c(=O)c1Nc1cccc2ccccc12. The lowest BCUT2D eigenvalue weighted by atomic mass is 10.0. The first-order valence-corrected chi connectivity index (χ1v) is 30.2. The Labute approximate surface area is 548 Å². The van der Waals surface area contributed by atoms with E-state index in [1.165, 1.54) is 53.0 Å². The Hall–Kier alpha value is -12.0. The van der Waals surface area contributed by atoms with Crippen LogP contribution in [0.5, 0.6) is 0 Å². The van der Waals surface area contributed by atoms with E-state index < -0.39 is 16.9 Å². The molecule has 0 saturated heterocycles. The smallest absolute Gasteiger partial charge is 0.295 e. The number of ketones is 3. The summed E-state index contributed by atoms with van der Waals surface area (Å²) in [4.78, 5) is 78.7. The minimum atomic E-state index is -0.504. The number of anilines is 6. The van der Waals surface area contributed by atoms with E-state index in [4.69, 9.17) is 23.2 Å². The van der Waals surface area contributed by atoms with Crippen molar-refractivity contribution in [3.8, 4) is 50.8 Å². The number of nitrogens with one attached hydrogen (secondary N) is 3. The summed E-state index contributed by atoms with van der Waals surface area (Å²) in [7, 11) is 0. The third-order valence-corrected chi connectivity index (χ3v) is 15.2. The number of Topliss-reactive ketones (excluding diaryl/α,β-unsaturated/α-hetero) is 3. The Balaban J connectivity index is 0.000000144. The van der Waals surface area contributed by atoms with E-state index in [0.717, 1.165) is 22.0 Å². The van der Waals surface area contributed by atoms with E-state index in [-0.39, 0.29) is 56.7 Å². The monoisotopic (exact) mass is 1280 g/mol. The van der Waals surface area contributed by atoms with Crippen molar-refractivity contribution in [3.05, 3.63) is 331 Å². The molecule has 18 heteroatoms. The van der Waals surface area contributed by atoms with Crippen molar-refractivity contribution in [1.29, 1.82) is 0 Å². The Morgan fingerprint density at radius 2 is 0.691 bits per heavy atom. The fourth-order valence-electron chi connectivity index (χ4n) is 10.5. The van der Waals surface area contributed by atoms with Crippen LogP contribution < -0.4 is 32.6 Å². The predicted molar refractivity (Wildman–Crippen MR) is 372 cm³/mol. The first-order valence-electron chi connectivity index (χ1n) is 29.5. The van der Waals surface area contributed by atoms with Crippen molar-refractivity contribution in [1.82, 2.24) is 29.3 Å². The Morgan fingerprint density at radius 3 is 1.07 bits per heavy atom. The lowest BCUT2D eigenvalue weighted by molar-refractivity contribution is 0.101. The molecule has 0 fully saturated rings. The molecule has 0 amide bonds. The summed E-state index contributed by atoms with van der Waals surface area (Å²) in [5, 5.41) is 25.8. The number of hydrogen-bond acceptors (Lipinski definition) is 12. The van der Waals surface area contributed by atoms with Gasteiger partial charge in [-0.3, -0.25) is 28.8 Å². The fraction of sp³-hybridized carbons (Fsp3) is 0.0395. The van der Waals surface area contributed by atoms with Crippen molar-refractivity contribution in [2.24, 2.45) is 0 Å². The van der Waals surface area contributed by atoms with Gasteiger partial charge < -0.3 is 16.0 Å². The van der Waals surface area contributed by atoms with Gasteiger partial charge in [0.2, 0.25) is 0 Å². The molecule has 10 aromatic carbocycles. The third-order valence-electron chi connectivity index (χ3n) is 14.8. The normalized spacial score (nSPS) is 10.7. The van der Waals surface area contributed by atoms with Gasteiger partial charge in [-0.15, -0.1) is 0 Å². The van der Waals surface area contributed by atoms with E-state index in [1.54, 1.807) is 60.7 Å². The summed E-state index contributed by atoms with van der Waals surface area (Å²) in [6.45, 7) is 4.25. The third kappa shape index (κ3) is 14.3. The second-order valence-electron chi connectivity index (χ2n) is 21.3. The van der Waals surface area contributed by atoms with Crippen LogP contribution in [0.3, 0.4) is 0 Å². The number of benzene rings is 10. The summed E-state index contributed by atoms with van der Waals surface area (Å²) >= 11 is 12.3. The van der Waals surface area contributed by atoms with Crippen LogP contribution in [0.25, 0.3) is 61.6 Å². The molecule has 0 aliphatic heterocycles. The van der Waals surface area contributed by atoms with E-state index in [9.17, 15) is 33.2 Å². The van der Waals surface area contributed by atoms with Crippen LogP contribution in [-0.2, 0) is 0 Å². The Bertz CT molecular complexity index is 5110. The molecule has 0 saturated carbocycles. The lowest BCUT2D eigenvalue weighted by Crippen LogP contribution is -2.27. The molecule has 0 unspecified atom stereocenters. The molecule has 94 heavy (non-hydrogen) atoms. The number of nitrogens with zero attached hydrogens (tertiary/aromatic N) is 6.